The lowest BCUT2D eigenvalue weighted by Gasteiger charge is -2.30. The molecule has 2 N–H and O–H groups in total. The second-order valence-electron chi connectivity index (χ2n) is 5.72. The summed E-state index contributed by atoms with van der Waals surface area (Å²) in [5.74, 6) is 1.84. The third-order valence-corrected chi connectivity index (χ3v) is 3.89. The quantitative estimate of drug-likeness (QED) is 0.879. The van der Waals surface area contributed by atoms with Crippen molar-refractivity contribution in [2.24, 2.45) is 0 Å². The van der Waals surface area contributed by atoms with Crippen LogP contribution in [0, 0.1) is 0 Å². The molecule has 21 heavy (non-hydrogen) atoms. The number of rotatable bonds is 5. The van der Waals surface area contributed by atoms with Gasteiger partial charge in [-0.15, -0.1) is 5.10 Å². The van der Waals surface area contributed by atoms with Crippen molar-refractivity contribution in [3.63, 3.8) is 0 Å². The first kappa shape index (κ1) is 14.1. The minimum Gasteiger partial charge on any atom is -0.337 e. The summed E-state index contributed by atoms with van der Waals surface area (Å²) in [6.07, 6.45) is 3.13. The summed E-state index contributed by atoms with van der Waals surface area (Å²) in [5.41, 5.74) is 1.38. The van der Waals surface area contributed by atoms with Crippen LogP contribution in [0.4, 0.5) is 5.95 Å². The Bertz CT molecular complexity index is 551. The fourth-order valence-corrected chi connectivity index (χ4v) is 2.76. The standard InChI is InChI=1S/C16H23N5/c1-13-12-21(11-10-17-13)16-18-15(19-20-16)9-5-8-14-6-3-2-4-7-14/h2-4,6-7,13,17H,5,8-12H2,1H3,(H,18,19,20)/t13-/m1/s1. The highest BCUT2D eigenvalue weighted by atomic mass is 15.4. The van der Waals surface area contributed by atoms with Gasteiger partial charge in [-0.3, -0.25) is 5.10 Å². The van der Waals surface area contributed by atoms with E-state index in [2.05, 4.69) is 62.7 Å². The highest BCUT2D eigenvalue weighted by Crippen LogP contribution is 2.11. The van der Waals surface area contributed by atoms with Crippen LogP contribution in [0.5, 0.6) is 0 Å². The fraction of sp³-hybridized carbons (Fsp3) is 0.500. The molecule has 0 bridgehead atoms. The van der Waals surface area contributed by atoms with Crippen molar-refractivity contribution in [3.05, 3.63) is 41.7 Å². The largest absolute Gasteiger partial charge is 0.337 e. The Morgan fingerprint density at radius 2 is 2.10 bits per heavy atom. The van der Waals surface area contributed by atoms with E-state index in [0.717, 1.165) is 50.7 Å². The minimum atomic E-state index is 0.499. The molecule has 0 aliphatic carbocycles. The molecule has 2 aromatic rings. The number of nitrogens with zero attached hydrogens (tertiary/aromatic N) is 3. The molecule has 0 amide bonds. The van der Waals surface area contributed by atoms with Crippen LogP contribution in [-0.4, -0.2) is 40.9 Å². The van der Waals surface area contributed by atoms with Crippen molar-refractivity contribution >= 4 is 5.95 Å². The van der Waals surface area contributed by atoms with E-state index < -0.39 is 0 Å². The van der Waals surface area contributed by atoms with Gasteiger partial charge in [-0.1, -0.05) is 30.3 Å². The van der Waals surface area contributed by atoms with Gasteiger partial charge in [-0.25, -0.2) is 0 Å². The SMILES string of the molecule is C[C@@H]1CN(c2n[nH]c(CCCc3ccccc3)n2)CCN1. The number of H-pyrrole nitrogens is 1. The Morgan fingerprint density at radius 3 is 2.90 bits per heavy atom. The van der Waals surface area contributed by atoms with Crippen LogP contribution in [0.25, 0.3) is 0 Å². The monoisotopic (exact) mass is 285 g/mol. The Morgan fingerprint density at radius 1 is 1.24 bits per heavy atom. The molecule has 0 radical (unpaired) electrons. The van der Waals surface area contributed by atoms with Crippen LogP contribution < -0.4 is 10.2 Å². The first-order valence-electron chi connectivity index (χ1n) is 7.75. The first-order chi connectivity index (χ1) is 10.3. The molecular formula is C16H23N5. The predicted molar refractivity (Wildman–Crippen MR) is 84.5 cm³/mol. The van der Waals surface area contributed by atoms with Crippen molar-refractivity contribution in [3.8, 4) is 0 Å². The second kappa shape index (κ2) is 6.72. The molecule has 1 aromatic carbocycles. The Balaban J connectivity index is 1.51. The van der Waals surface area contributed by atoms with E-state index in [9.17, 15) is 0 Å². The van der Waals surface area contributed by atoms with Gasteiger partial charge < -0.3 is 10.2 Å². The number of aryl methyl sites for hydroxylation is 2. The fourth-order valence-electron chi connectivity index (χ4n) is 2.76. The third-order valence-electron chi connectivity index (χ3n) is 3.89. The normalized spacial score (nSPS) is 18.9. The van der Waals surface area contributed by atoms with E-state index in [4.69, 9.17) is 0 Å². The van der Waals surface area contributed by atoms with Crippen molar-refractivity contribution in [2.75, 3.05) is 24.5 Å². The number of benzene rings is 1. The van der Waals surface area contributed by atoms with Gasteiger partial charge in [0, 0.05) is 32.1 Å². The van der Waals surface area contributed by atoms with Crippen LogP contribution in [-0.2, 0) is 12.8 Å². The molecule has 1 atom stereocenters. The van der Waals surface area contributed by atoms with E-state index in [1.165, 1.54) is 5.56 Å². The zero-order valence-corrected chi connectivity index (χ0v) is 12.5. The van der Waals surface area contributed by atoms with E-state index >= 15 is 0 Å². The Kier molecular flexibility index (Phi) is 4.50. The van der Waals surface area contributed by atoms with Crippen molar-refractivity contribution in [1.29, 1.82) is 0 Å². The van der Waals surface area contributed by atoms with Gasteiger partial charge in [0.25, 0.3) is 0 Å². The predicted octanol–water partition coefficient (Wildman–Crippen LogP) is 1.78. The summed E-state index contributed by atoms with van der Waals surface area (Å²) in [4.78, 5) is 6.88. The maximum atomic E-state index is 4.63. The van der Waals surface area contributed by atoms with Crippen LogP contribution >= 0.6 is 0 Å². The van der Waals surface area contributed by atoms with Crippen LogP contribution in [0.1, 0.15) is 24.7 Å². The van der Waals surface area contributed by atoms with Gasteiger partial charge in [0.15, 0.2) is 0 Å². The van der Waals surface area contributed by atoms with Gasteiger partial charge in [0.2, 0.25) is 5.95 Å². The van der Waals surface area contributed by atoms with E-state index in [0.29, 0.717) is 6.04 Å². The summed E-state index contributed by atoms with van der Waals surface area (Å²) in [6, 6.07) is 11.1. The molecular weight excluding hydrogens is 262 g/mol. The van der Waals surface area contributed by atoms with Crippen molar-refractivity contribution < 1.29 is 0 Å². The lowest BCUT2D eigenvalue weighted by atomic mass is 10.1. The molecule has 0 saturated carbocycles. The number of piperazine rings is 1. The molecule has 1 fully saturated rings. The number of hydrogen-bond donors (Lipinski definition) is 2. The van der Waals surface area contributed by atoms with Crippen molar-refractivity contribution in [2.45, 2.75) is 32.2 Å². The van der Waals surface area contributed by atoms with Gasteiger partial charge in [0.1, 0.15) is 5.82 Å². The van der Waals surface area contributed by atoms with E-state index in [-0.39, 0.29) is 0 Å². The lowest BCUT2D eigenvalue weighted by Crippen LogP contribution is -2.49. The summed E-state index contributed by atoms with van der Waals surface area (Å²) < 4.78 is 0. The van der Waals surface area contributed by atoms with E-state index in [1.54, 1.807) is 0 Å². The second-order valence-corrected chi connectivity index (χ2v) is 5.72. The Labute approximate surface area is 125 Å². The first-order valence-corrected chi connectivity index (χ1v) is 7.75. The average molecular weight is 285 g/mol. The molecule has 3 rings (SSSR count). The molecule has 1 aliphatic rings. The molecule has 2 heterocycles. The van der Waals surface area contributed by atoms with Crippen LogP contribution in [0.15, 0.2) is 30.3 Å². The highest BCUT2D eigenvalue weighted by molar-refractivity contribution is 5.30. The zero-order valence-electron chi connectivity index (χ0n) is 12.5. The highest BCUT2D eigenvalue weighted by Gasteiger charge is 2.19. The number of hydrogen-bond acceptors (Lipinski definition) is 4. The molecule has 5 heteroatoms. The summed E-state index contributed by atoms with van der Waals surface area (Å²) in [6.45, 7) is 5.14. The Hall–Kier alpha value is -1.88. The smallest absolute Gasteiger partial charge is 0.244 e. The van der Waals surface area contributed by atoms with Gasteiger partial charge in [0.05, 0.1) is 0 Å². The summed E-state index contributed by atoms with van der Waals surface area (Å²) in [5, 5.41) is 10.9. The number of anilines is 1. The molecule has 1 aliphatic heterocycles. The minimum absolute atomic E-state index is 0.499. The molecule has 1 saturated heterocycles. The third kappa shape index (κ3) is 3.82. The van der Waals surface area contributed by atoms with E-state index in [1.807, 2.05) is 0 Å². The number of aromatic amines is 1. The maximum absolute atomic E-state index is 4.63. The topological polar surface area (TPSA) is 56.8 Å². The zero-order chi connectivity index (χ0) is 14.5. The molecule has 5 nitrogen and oxygen atoms in total. The summed E-state index contributed by atoms with van der Waals surface area (Å²) in [7, 11) is 0. The van der Waals surface area contributed by atoms with Crippen LogP contribution in [0.3, 0.4) is 0 Å². The molecule has 0 spiro atoms. The average Bonchev–Trinajstić information content (AvgIpc) is 2.97. The summed E-state index contributed by atoms with van der Waals surface area (Å²) >= 11 is 0. The molecule has 1 aromatic heterocycles. The number of nitrogens with one attached hydrogen (secondary N) is 2. The lowest BCUT2D eigenvalue weighted by molar-refractivity contribution is 0.479. The maximum Gasteiger partial charge on any atom is 0.244 e. The van der Waals surface area contributed by atoms with Crippen LogP contribution in [0.2, 0.25) is 0 Å². The van der Waals surface area contributed by atoms with Gasteiger partial charge in [-0.2, -0.15) is 4.98 Å². The van der Waals surface area contributed by atoms with Gasteiger partial charge >= 0.3 is 0 Å². The number of aromatic nitrogens is 3. The van der Waals surface area contributed by atoms with Crippen molar-refractivity contribution in [1.82, 2.24) is 20.5 Å². The van der Waals surface area contributed by atoms with Gasteiger partial charge in [-0.05, 0) is 25.3 Å². The molecule has 112 valence electrons. The molecule has 0 unspecified atom stereocenters.